The Bertz CT molecular complexity index is 1230. The molecule has 36 heavy (non-hydrogen) atoms. The largest absolute Gasteiger partial charge is 0.466 e. The first-order valence-electron chi connectivity index (χ1n) is 11.5. The Morgan fingerprint density at radius 1 is 1.08 bits per heavy atom. The lowest BCUT2D eigenvalue weighted by molar-refractivity contribution is -0.146. The molecule has 0 unspecified atom stereocenters. The number of ether oxygens (including phenoxy) is 2. The van der Waals surface area contributed by atoms with Gasteiger partial charge in [0.2, 0.25) is 11.7 Å². The van der Waals surface area contributed by atoms with Crippen molar-refractivity contribution in [3.05, 3.63) is 41.7 Å². The summed E-state index contributed by atoms with van der Waals surface area (Å²) in [4.78, 5) is 46.7. The molecule has 3 aromatic rings. The van der Waals surface area contributed by atoms with Crippen molar-refractivity contribution in [3.8, 4) is 0 Å². The average Bonchev–Trinajstić information content (AvgIpc) is 3.24. The highest BCUT2D eigenvalue weighted by Crippen LogP contribution is 2.27. The van der Waals surface area contributed by atoms with E-state index in [1.165, 1.54) is 0 Å². The molecule has 192 valence electrons. The maximum absolute atomic E-state index is 12.8. The molecular formula is C24H30N6O6. The van der Waals surface area contributed by atoms with E-state index in [9.17, 15) is 14.4 Å². The maximum atomic E-state index is 12.8. The van der Waals surface area contributed by atoms with Crippen molar-refractivity contribution in [3.63, 3.8) is 0 Å². The third-order valence-electron chi connectivity index (χ3n) is 5.35. The summed E-state index contributed by atoms with van der Waals surface area (Å²) >= 11 is 0. The van der Waals surface area contributed by atoms with E-state index in [4.69, 9.17) is 25.4 Å². The molecule has 0 saturated heterocycles. The number of carbonyl (C=O) groups excluding carboxylic acids is 3. The Hall–Kier alpha value is -4.35. The van der Waals surface area contributed by atoms with Gasteiger partial charge in [-0.3, -0.25) is 9.59 Å². The molecule has 0 bridgehead atoms. The Kier molecular flexibility index (Phi) is 8.66. The fraction of sp³-hybridized carbons (Fsp3) is 0.375. The number of hydrogen-bond acceptors (Lipinski definition) is 11. The van der Waals surface area contributed by atoms with Gasteiger partial charge in [0.25, 0.3) is 5.91 Å². The predicted octanol–water partition coefficient (Wildman–Crippen LogP) is 2.03. The molecule has 0 aliphatic rings. The number of nitrogens with one attached hydrogen (secondary N) is 1. The monoisotopic (exact) mass is 498 g/mol. The van der Waals surface area contributed by atoms with Crippen LogP contribution in [-0.2, 0) is 25.6 Å². The molecule has 2 heterocycles. The number of fused-ring (bicyclic) bond motifs is 1. The van der Waals surface area contributed by atoms with Crippen LogP contribution in [0.1, 0.15) is 42.6 Å². The van der Waals surface area contributed by atoms with E-state index >= 15 is 0 Å². The van der Waals surface area contributed by atoms with Gasteiger partial charge in [0, 0.05) is 36.8 Å². The van der Waals surface area contributed by atoms with E-state index in [1.807, 2.05) is 11.9 Å². The van der Waals surface area contributed by atoms with E-state index in [-0.39, 0.29) is 37.8 Å². The van der Waals surface area contributed by atoms with Crippen molar-refractivity contribution >= 4 is 46.4 Å². The SMILES string of the molecule is CCOC(=O)CC[C@H](NC(=O)c1ccc(N(C)Cc2coc3nc(N)nc(N)c23)cc1)C(=O)OCC. The van der Waals surface area contributed by atoms with Gasteiger partial charge in [0.15, 0.2) is 0 Å². The molecule has 1 aromatic carbocycles. The van der Waals surface area contributed by atoms with Gasteiger partial charge in [-0.05, 0) is 44.5 Å². The highest BCUT2D eigenvalue weighted by molar-refractivity contribution is 5.97. The van der Waals surface area contributed by atoms with Crippen LogP contribution < -0.4 is 21.7 Å². The number of hydrogen-bond donors (Lipinski definition) is 3. The normalized spacial score (nSPS) is 11.6. The fourth-order valence-electron chi connectivity index (χ4n) is 3.61. The summed E-state index contributed by atoms with van der Waals surface area (Å²) in [7, 11) is 1.87. The zero-order chi connectivity index (χ0) is 26.2. The predicted molar refractivity (Wildman–Crippen MR) is 133 cm³/mol. The zero-order valence-corrected chi connectivity index (χ0v) is 20.4. The van der Waals surface area contributed by atoms with Gasteiger partial charge in [-0.2, -0.15) is 9.97 Å². The second-order valence-corrected chi connectivity index (χ2v) is 7.93. The number of carbonyl (C=O) groups is 3. The van der Waals surface area contributed by atoms with E-state index in [1.54, 1.807) is 44.4 Å². The van der Waals surface area contributed by atoms with Crippen LogP contribution in [-0.4, -0.2) is 54.1 Å². The van der Waals surface area contributed by atoms with Gasteiger partial charge < -0.3 is 35.6 Å². The first-order chi connectivity index (χ1) is 17.2. The lowest BCUT2D eigenvalue weighted by Gasteiger charge is -2.20. The maximum Gasteiger partial charge on any atom is 0.328 e. The Balaban J connectivity index is 1.67. The number of nitrogens with two attached hydrogens (primary N) is 2. The molecule has 0 radical (unpaired) electrons. The van der Waals surface area contributed by atoms with Gasteiger partial charge in [0.1, 0.15) is 11.9 Å². The highest BCUT2D eigenvalue weighted by Gasteiger charge is 2.24. The first-order valence-corrected chi connectivity index (χ1v) is 11.5. The molecule has 2 aromatic heterocycles. The van der Waals surface area contributed by atoms with Crippen LogP contribution in [0, 0.1) is 0 Å². The number of nitrogens with zero attached hydrogens (tertiary/aromatic N) is 3. The third-order valence-corrected chi connectivity index (χ3v) is 5.35. The lowest BCUT2D eigenvalue weighted by Crippen LogP contribution is -2.42. The van der Waals surface area contributed by atoms with Crippen molar-refractivity contribution in [2.75, 3.05) is 36.6 Å². The van der Waals surface area contributed by atoms with Crippen molar-refractivity contribution in [1.29, 1.82) is 0 Å². The minimum Gasteiger partial charge on any atom is -0.466 e. The van der Waals surface area contributed by atoms with E-state index in [2.05, 4.69) is 15.3 Å². The second-order valence-electron chi connectivity index (χ2n) is 7.93. The smallest absolute Gasteiger partial charge is 0.328 e. The molecule has 5 N–H and O–H groups in total. The van der Waals surface area contributed by atoms with Crippen LogP contribution in [0.15, 0.2) is 34.9 Å². The molecule has 0 saturated carbocycles. The number of nitrogen functional groups attached to an aromatic ring is 2. The van der Waals surface area contributed by atoms with Crippen LogP contribution in [0.25, 0.3) is 11.1 Å². The Morgan fingerprint density at radius 2 is 1.78 bits per heavy atom. The number of rotatable bonds is 11. The highest BCUT2D eigenvalue weighted by atomic mass is 16.5. The van der Waals surface area contributed by atoms with E-state index in [0.717, 1.165) is 11.3 Å². The van der Waals surface area contributed by atoms with Crippen molar-refractivity contribution in [1.82, 2.24) is 15.3 Å². The summed E-state index contributed by atoms with van der Waals surface area (Å²) in [5.41, 5.74) is 13.9. The minimum absolute atomic E-state index is 0.0217. The third kappa shape index (κ3) is 6.40. The summed E-state index contributed by atoms with van der Waals surface area (Å²) in [6.45, 7) is 4.20. The van der Waals surface area contributed by atoms with Crippen LogP contribution in [0.4, 0.5) is 17.5 Å². The van der Waals surface area contributed by atoms with Crippen LogP contribution in [0.2, 0.25) is 0 Å². The van der Waals surface area contributed by atoms with Crippen molar-refractivity contribution in [2.24, 2.45) is 0 Å². The molecule has 0 spiro atoms. The van der Waals surface area contributed by atoms with Gasteiger partial charge in [0.05, 0.1) is 24.9 Å². The van der Waals surface area contributed by atoms with Gasteiger partial charge >= 0.3 is 11.9 Å². The molecule has 0 fully saturated rings. The van der Waals surface area contributed by atoms with Crippen LogP contribution in [0.5, 0.6) is 0 Å². The number of aromatic nitrogens is 2. The number of esters is 2. The van der Waals surface area contributed by atoms with Gasteiger partial charge in [-0.15, -0.1) is 0 Å². The van der Waals surface area contributed by atoms with Crippen molar-refractivity contribution < 1.29 is 28.3 Å². The number of anilines is 3. The molecule has 3 rings (SSSR count). The lowest BCUT2D eigenvalue weighted by atomic mass is 10.1. The topological polar surface area (TPSA) is 176 Å². The van der Waals surface area contributed by atoms with Gasteiger partial charge in [-0.25, -0.2) is 4.79 Å². The summed E-state index contributed by atoms with van der Waals surface area (Å²) in [5, 5.41) is 3.24. The second kappa shape index (κ2) is 11.9. The van der Waals surface area contributed by atoms with E-state index in [0.29, 0.717) is 23.2 Å². The number of amides is 1. The van der Waals surface area contributed by atoms with Crippen LogP contribution in [0.3, 0.4) is 0 Å². The van der Waals surface area contributed by atoms with Crippen LogP contribution >= 0.6 is 0 Å². The fourth-order valence-corrected chi connectivity index (χ4v) is 3.61. The molecule has 12 heteroatoms. The molecule has 1 amide bonds. The summed E-state index contributed by atoms with van der Waals surface area (Å²) in [5.74, 6) is -1.25. The number of benzene rings is 1. The Morgan fingerprint density at radius 3 is 2.44 bits per heavy atom. The zero-order valence-electron chi connectivity index (χ0n) is 20.4. The summed E-state index contributed by atoms with van der Waals surface area (Å²) in [6, 6.07) is 5.85. The Labute approximate surface area is 207 Å². The number of furan rings is 1. The average molecular weight is 499 g/mol. The van der Waals surface area contributed by atoms with E-state index < -0.39 is 23.9 Å². The quantitative estimate of drug-likeness (QED) is 0.330. The molecular weight excluding hydrogens is 468 g/mol. The standard InChI is InChI=1S/C24H30N6O6/c1-4-34-18(31)11-10-17(23(33)35-5-2)27-21(32)14-6-8-16(9-7-14)30(3)12-15-13-36-22-19(15)20(25)28-24(26)29-22/h6-9,13,17H,4-5,10-12H2,1-3H3,(H,27,32)(H4,25,26,28,29)/t17-/m0/s1. The molecule has 0 aliphatic carbocycles. The first kappa shape index (κ1) is 26.3. The molecule has 0 aliphatic heterocycles. The summed E-state index contributed by atoms with van der Waals surface area (Å²) in [6.07, 6.45) is 1.60. The molecule has 12 nitrogen and oxygen atoms in total. The molecule has 1 atom stereocenters. The minimum atomic E-state index is -0.972. The summed E-state index contributed by atoms with van der Waals surface area (Å²) < 4.78 is 15.4. The van der Waals surface area contributed by atoms with Crippen molar-refractivity contribution in [2.45, 2.75) is 39.3 Å². The van der Waals surface area contributed by atoms with Gasteiger partial charge in [-0.1, -0.05) is 0 Å².